The molecule has 1 fully saturated rings. The van der Waals surface area contributed by atoms with Crippen molar-refractivity contribution in [2.24, 2.45) is 5.41 Å². The molecule has 1 saturated carbocycles. The zero-order valence-corrected chi connectivity index (χ0v) is 12.0. The quantitative estimate of drug-likeness (QED) is 0.752. The Morgan fingerprint density at radius 2 is 1.95 bits per heavy atom. The van der Waals surface area contributed by atoms with E-state index >= 15 is 0 Å². The Morgan fingerprint density at radius 3 is 2.55 bits per heavy atom. The summed E-state index contributed by atoms with van der Waals surface area (Å²) in [6.45, 7) is 4.81. The summed E-state index contributed by atoms with van der Waals surface area (Å²) in [6, 6.07) is 6.51. The average molecular weight is 277 g/mol. The minimum absolute atomic E-state index is 0.282. The van der Waals surface area contributed by atoms with Crippen LogP contribution in [0, 0.1) is 5.41 Å². The van der Waals surface area contributed by atoms with E-state index in [1.807, 2.05) is 0 Å². The molecular formula is C16H23NO3. The van der Waals surface area contributed by atoms with Gasteiger partial charge < -0.3 is 15.2 Å². The van der Waals surface area contributed by atoms with Crippen molar-refractivity contribution in [1.82, 2.24) is 5.32 Å². The minimum Gasteiger partial charge on any atom is -0.492 e. The molecule has 0 aliphatic heterocycles. The van der Waals surface area contributed by atoms with Crippen LogP contribution < -0.4 is 10.1 Å². The Balaban J connectivity index is 1.64. The number of carboxylic acid groups (broad SMARTS) is 1. The van der Waals surface area contributed by atoms with Gasteiger partial charge in [0, 0.05) is 13.1 Å². The van der Waals surface area contributed by atoms with Gasteiger partial charge in [0.25, 0.3) is 0 Å². The van der Waals surface area contributed by atoms with E-state index < -0.39 is 5.97 Å². The molecule has 2 rings (SSSR count). The normalized spacial score (nSPS) is 17.1. The predicted molar refractivity (Wildman–Crippen MR) is 78.3 cm³/mol. The minimum atomic E-state index is -0.914. The number of benzene rings is 1. The molecule has 1 aliphatic rings. The van der Waals surface area contributed by atoms with Crippen LogP contribution in [-0.4, -0.2) is 30.8 Å². The number of carboxylic acids is 1. The van der Waals surface area contributed by atoms with Crippen LogP contribution in [0.15, 0.2) is 24.3 Å². The van der Waals surface area contributed by atoms with E-state index in [-0.39, 0.29) is 5.56 Å². The lowest BCUT2D eigenvalue weighted by Gasteiger charge is -2.23. The first-order valence-electron chi connectivity index (χ1n) is 7.26. The number of rotatable bonds is 7. The van der Waals surface area contributed by atoms with Crippen molar-refractivity contribution in [2.45, 2.75) is 32.6 Å². The van der Waals surface area contributed by atoms with E-state index in [4.69, 9.17) is 9.84 Å². The highest BCUT2D eigenvalue weighted by atomic mass is 16.5. The molecule has 4 heteroatoms. The van der Waals surface area contributed by atoms with Gasteiger partial charge in [-0.25, -0.2) is 4.79 Å². The summed E-state index contributed by atoms with van der Waals surface area (Å²) in [5, 5.41) is 12.2. The lowest BCUT2D eigenvalue weighted by molar-refractivity contribution is 0.0697. The van der Waals surface area contributed by atoms with Crippen LogP contribution in [0.3, 0.4) is 0 Å². The highest BCUT2D eigenvalue weighted by molar-refractivity contribution is 5.87. The molecule has 0 atom stereocenters. The van der Waals surface area contributed by atoms with Gasteiger partial charge in [-0.05, 0) is 42.5 Å². The zero-order valence-electron chi connectivity index (χ0n) is 12.0. The molecule has 1 aliphatic carbocycles. The van der Waals surface area contributed by atoms with Gasteiger partial charge in [-0.1, -0.05) is 19.8 Å². The average Bonchev–Trinajstić information content (AvgIpc) is 2.86. The van der Waals surface area contributed by atoms with Gasteiger partial charge >= 0.3 is 5.97 Å². The highest BCUT2D eigenvalue weighted by Gasteiger charge is 2.27. The van der Waals surface area contributed by atoms with Gasteiger partial charge in [0.05, 0.1) is 5.56 Å². The predicted octanol–water partition coefficient (Wildman–Crippen LogP) is 2.93. The summed E-state index contributed by atoms with van der Waals surface area (Å²) in [4.78, 5) is 10.7. The summed E-state index contributed by atoms with van der Waals surface area (Å²) >= 11 is 0. The second-order valence-corrected chi connectivity index (χ2v) is 5.87. The first-order valence-corrected chi connectivity index (χ1v) is 7.26. The van der Waals surface area contributed by atoms with Crippen molar-refractivity contribution in [3.8, 4) is 5.75 Å². The molecule has 2 N–H and O–H groups in total. The molecular weight excluding hydrogens is 254 g/mol. The van der Waals surface area contributed by atoms with Crippen LogP contribution in [0.4, 0.5) is 0 Å². The number of nitrogens with one attached hydrogen (secondary N) is 1. The standard InChI is InChI=1S/C16H23NO3/c1-16(8-2-3-9-16)12-17-10-11-20-14-6-4-13(5-7-14)15(18)19/h4-7,17H,2-3,8-12H2,1H3,(H,18,19). The molecule has 20 heavy (non-hydrogen) atoms. The number of hydrogen-bond donors (Lipinski definition) is 2. The number of carbonyl (C=O) groups is 1. The Bertz CT molecular complexity index is 436. The van der Waals surface area contributed by atoms with Gasteiger partial charge in [-0.3, -0.25) is 0 Å². The van der Waals surface area contributed by atoms with Crippen LogP contribution >= 0.6 is 0 Å². The third-order valence-corrected chi connectivity index (χ3v) is 4.01. The highest BCUT2D eigenvalue weighted by Crippen LogP contribution is 2.36. The molecule has 0 unspecified atom stereocenters. The third-order valence-electron chi connectivity index (χ3n) is 4.01. The zero-order chi connectivity index (χ0) is 14.4. The topological polar surface area (TPSA) is 58.6 Å². The van der Waals surface area contributed by atoms with E-state index in [1.54, 1.807) is 24.3 Å². The second kappa shape index (κ2) is 6.75. The van der Waals surface area contributed by atoms with Crippen molar-refractivity contribution in [1.29, 1.82) is 0 Å². The molecule has 0 aromatic heterocycles. The summed E-state index contributed by atoms with van der Waals surface area (Å²) in [6.07, 6.45) is 5.34. The Hall–Kier alpha value is -1.55. The molecule has 0 heterocycles. The van der Waals surface area contributed by atoms with Crippen molar-refractivity contribution in [2.75, 3.05) is 19.7 Å². The SMILES string of the molecule is CC1(CNCCOc2ccc(C(=O)O)cc2)CCCC1. The van der Waals surface area contributed by atoms with Gasteiger partial charge in [-0.2, -0.15) is 0 Å². The van der Waals surface area contributed by atoms with Gasteiger partial charge in [-0.15, -0.1) is 0 Å². The van der Waals surface area contributed by atoms with E-state index in [9.17, 15) is 4.79 Å². The Morgan fingerprint density at radius 1 is 1.30 bits per heavy atom. The largest absolute Gasteiger partial charge is 0.492 e. The van der Waals surface area contributed by atoms with Crippen LogP contribution in [0.5, 0.6) is 5.75 Å². The molecule has 4 nitrogen and oxygen atoms in total. The number of hydrogen-bond acceptors (Lipinski definition) is 3. The molecule has 1 aromatic rings. The third kappa shape index (κ3) is 4.23. The Labute approximate surface area is 120 Å². The molecule has 0 radical (unpaired) electrons. The van der Waals surface area contributed by atoms with E-state index in [0.717, 1.165) is 13.1 Å². The summed E-state index contributed by atoms with van der Waals surface area (Å²) in [5.41, 5.74) is 0.744. The molecule has 110 valence electrons. The monoisotopic (exact) mass is 277 g/mol. The second-order valence-electron chi connectivity index (χ2n) is 5.87. The van der Waals surface area contributed by atoms with Crippen LogP contribution in [0.25, 0.3) is 0 Å². The van der Waals surface area contributed by atoms with Crippen LogP contribution in [-0.2, 0) is 0 Å². The van der Waals surface area contributed by atoms with E-state index in [1.165, 1.54) is 25.7 Å². The fraction of sp³-hybridized carbons (Fsp3) is 0.562. The maximum absolute atomic E-state index is 10.7. The Kier molecular flexibility index (Phi) is 5.01. The summed E-state index contributed by atoms with van der Waals surface area (Å²) in [5.74, 6) is -0.202. The molecule has 1 aromatic carbocycles. The van der Waals surface area contributed by atoms with E-state index in [2.05, 4.69) is 12.2 Å². The van der Waals surface area contributed by atoms with Crippen LogP contribution in [0.1, 0.15) is 43.0 Å². The summed E-state index contributed by atoms with van der Waals surface area (Å²) in [7, 11) is 0. The van der Waals surface area contributed by atoms with Gasteiger partial charge in [0.15, 0.2) is 0 Å². The maximum atomic E-state index is 10.7. The van der Waals surface area contributed by atoms with E-state index in [0.29, 0.717) is 17.8 Å². The fourth-order valence-corrected chi connectivity index (χ4v) is 2.73. The number of aromatic carboxylic acids is 1. The van der Waals surface area contributed by atoms with Crippen molar-refractivity contribution >= 4 is 5.97 Å². The van der Waals surface area contributed by atoms with Crippen molar-refractivity contribution in [3.05, 3.63) is 29.8 Å². The molecule has 0 spiro atoms. The lowest BCUT2D eigenvalue weighted by atomic mass is 9.89. The van der Waals surface area contributed by atoms with Crippen molar-refractivity contribution in [3.63, 3.8) is 0 Å². The first-order chi connectivity index (χ1) is 9.59. The fourth-order valence-electron chi connectivity index (χ4n) is 2.73. The first kappa shape index (κ1) is 14.9. The van der Waals surface area contributed by atoms with Gasteiger partial charge in [0.1, 0.15) is 12.4 Å². The number of ether oxygens (including phenoxy) is 1. The lowest BCUT2D eigenvalue weighted by Crippen LogP contribution is -2.32. The molecule has 0 amide bonds. The maximum Gasteiger partial charge on any atom is 0.335 e. The summed E-state index contributed by atoms with van der Waals surface area (Å²) < 4.78 is 5.58. The van der Waals surface area contributed by atoms with Crippen LogP contribution in [0.2, 0.25) is 0 Å². The van der Waals surface area contributed by atoms with Crippen molar-refractivity contribution < 1.29 is 14.6 Å². The molecule has 0 bridgehead atoms. The smallest absolute Gasteiger partial charge is 0.335 e. The molecule has 0 saturated heterocycles. The van der Waals surface area contributed by atoms with Gasteiger partial charge in [0.2, 0.25) is 0 Å².